The molecule has 88 valence electrons. The fourth-order valence-electron chi connectivity index (χ4n) is 2.16. The minimum absolute atomic E-state index is 0.356. The molecule has 3 nitrogen and oxygen atoms in total. The Balaban J connectivity index is 2.31. The molecule has 0 fully saturated rings. The Kier molecular flexibility index (Phi) is 2.01. The number of aryl methyl sites for hydroxylation is 1. The minimum Gasteiger partial charge on any atom is -0.482 e. The molecule has 4 heteroatoms. The van der Waals surface area contributed by atoms with Crippen molar-refractivity contribution >= 4 is 16.5 Å². The normalized spacial score (nSPS) is 15.9. The van der Waals surface area contributed by atoms with Gasteiger partial charge >= 0.3 is 0 Å². The molecule has 1 aromatic carbocycles. The van der Waals surface area contributed by atoms with E-state index in [4.69, 9.17) is 10.5 Å². The van der Waals surface area contributed by atoms with Crippen LogP contribution in [-0.2, 0) is 5.60 Å². The van der Waals surface area contributed by atoms with E-state index in [1.807, 2.05) is 0 Å². The summed E-state index contributed by atoms with van der Waals surface area (Å²) in [5.74, 6) is 0.896. The quantitative estimate of drug-likeness (QED) is 0.775. The van der Waals surface area contributed by atoms with Gasteiger partial charge in [0.1, 0.15) is 11.4 Å². The molecule has 1 aromatic heterocycles. The van der Waals surface area contributed by atoms with Gasteiger partial charge in [-0.1, -0.05) is 17.4 Å². The van der Waals surface area contributed by atoms with E-state index in [9.17, 15) is 0 Å². The van der Waals surface area contributed by atoms with E-state index < -0.39 is 0 Å². The van der Waals surface area contributed by atoms with Crippen LogP contribution in [0.2, 0.25) is 0 Å². The topological polar surface area (TPSA) is 48.1 Å². The number of nitrogens with zero attached hydrogens (tertiary/aromatic N) is 1. The Bertz CT molecular complexity index is 601. The first kappa shape index (κ1) is 10.6. The van der Waals surface area contributed by atoms with Crippen molar-refractivity contribution in [2.45, 2.75) is 26.4 Å². The lowest BCUT2D eigenvalue weighted by Crippen LogP contribution is -2.28. The van der Waals surface area contributed by atoms with E-state index in [0.29, 0.717) is 5.13 Å². The maximum absolute atomic E-state index is 6.05. The molecule has 0 saturated carbocycles. The zero-order valence-electron chi connectivity index (χ0n) is 10.1. The van der Waals surface area contributed by atoms with Gasteiger partial charge in [0, 0.05) is 5.56 Å². The Hall–Kier alpha value is -1.55. The molecule has 1 aliphatic rings. The van der Waals surface area contributed by atoms with Gasteiger partial charge in [0.05, 0.1) is 10.6 Å². The molecule has 0 bridgehead atoms. The number of aromatic nitrogens is 1. The number of thiazole rings is 1. The third-order valence-electron chi connectivity index (χ3n) is 2.95. The summed E-state index contributed by atoms with van der Waals surface area (Å²) in [6.07, 6.45) is 0. The van der Waals surface area contributed by atoms with Gasteiger partial charge in [-0.15, -0.1) is 0 Å². The van der Waals surface area contributed by atoms with E-state index in [1.54, 1.807) is 0 Å². The summed E-state index contributed by atoms with van der Waals surface area (Å²) in [6.45, 7) is 6.16. The highest BCUT2D eigenvalue weighted by Gasteiger charge is 2.35. The molecule has 17 heavy (non-hydrogen) atoms. The number of nitrogen functional groups attached to an aromatic ring is 1. The van der Waals surface area contributed by atoms with Gasteiger partial charge in [0.2, 0.25) is 0 Å². The smallest absolute Gasteiger partial charge is 0.180 e. The van der Waals surface area contributed by atoms with Crippen LogP contribution in [0.5, 0.6) is 5.75 Å². The summed E-state index contributed by atoms with van der Waals surface area (Å²) < 4.78 is 6.05. The number of benzene rings is 1. The van der Waals surface area contributed by atoms with Crippen molar-refractivity contribution in [1.29, 1.82) is 0 Å². The predicted octanol–water partition coefficient (Wildman–Crippen LogP) is 3.33. The number of hydrogen-bond acceptors (Lipinski definition) is 4. The zero-order valence-corrected chi connectivity index (χ0v) is 10.9. The monoisotopic (exact) mass is 246 g/mol. The van der Waals surface area contributed by atoms with Crippen molar-refractivity contribution < 1.29 is 4.74 Å². The highest BCUT2D eigenvalue weighted by Crippen LogP contribution is 2.47. The Labute approximate surface area is 104 Å². The molecular formula is C13H14N2OS. The van der Waals surface area contributed by atoms with Crippen molar-refractivity contribution in [2.24, 2.45) is 0 Å². The first-order valence-corrected chi connectivity index (χ1v) is 6.36. The van der Waals surface area contributed by atoms with Crippen molar-refractivity contribution in [3.8, 4) is 17.0 Å². The summed E-state index contributed by atoms with van der Waals surface area (Å²) in [5.41, 5.74) is 8.66. The van der Waals surface area contributed by atoms with Gasteiger partial charge in [-0.25, -0.2) is 4.98 Å². The number of ether oxygens (including phenoxy) is 1. The lowest BCUT2D eigenvalue weighted by molar-refractivity contribution is 0.109. The standard InChI is InChI=1S/C13H14N2OS/c1-7-4-5-8-9(6-7)16-13(2,3)11-10(8)15-12(14)17-11/h4-6H,1-3H3,(H2,14,15). The molecule has 1 aliphatic heterocycles. The van der Waals surface area contributed by atoms with Crippen molar-refractivity contribution in [3.05, 3.63) is 28.6 Å². The Morgan fingerprint density at radius 1 is 1.35 bits per heavy atom. The predicted molar refractivity (Wildman–Crippen MR) is 70.4 cm³/mol. The lowest BCUT2D eigenvalue weighted by atomic mass is 9.96. The summed E-state index contributed by atoms with van der Waals surface area (Å²) in [4.78, 5) is 5.54. The van der Waals surface area contributed by atoms with Gasteiger partial charge in [-0.05, 0) is 38.5 Å². The molecule has 2 heterocycles. The zero-order chi connectivity index (χ0) is 12.2. The van der Waals surface area contributed by atoms with E-state index in [0.717, 1.165) is 21.9 Å². The molecule has 0 spiro atoms. The maximum atomic E-state index is 6.05. The van der Waals surface area contributed by atoms with Gasteiger partial charge in [0.25, 0.3) is 0 Å². The molecular weight excluding hydrogens is 232 g/mol. The molecule has 2 aromatic rings. The molecule has 0 aliphatic carbocycles. The van der Waals surface area contributed by atoms with Crippen LogP contribution in [0.3, 0.4) is 0 Å². The summed E-state index contributed by atoms with van der Waals surface area (Å²) >= 11 is 1.51. The Morgan fingerprint density at radius 2 is 2.12 bits per heavy atom. The van der Waals surface area contributed by atoms with Crippen LogP contribution < -0.4 is 10.5 Å². The van der Waals surface area contributed by atoms with E-state index in [2.05, 4.69) is 44.0 Å². The molecule has 0 unspecified atom stereocenters. The molecule has 0 atom stereocenters. The van der Waals surface area contributed by atoms with Crippen LogP contribution in [-0.4, -0.2) is 4.98 Å². The largest absolute Gasteiger partial charge is 0.482 e. The molecule has 0 saturated heterocycles. The van der Waals surface area contributed by atoms with E-state index in [1.165, 1.54) is 16.9 Å². The maximum Gasteiger partial charge on any atom is 0.180 e. The van der Waals surface area contributed by atoms with Crippen molar-refractivity contribution in [1.82, 2.24) is 4.98 Å². The van der Waals surface area contributed by atoms with Gasteiger partial charge in [-0.3, -0.25) is 0 Å². The fraction of sp³-hybridized carbons (Fsp3) is 0.308. The van der Waals surface area contributed by atoms with E-state index >= 15 is 0 Å². The van der Waals surface area contributed by atoms with E-state index in [-0.39, 0.29) is 5.60 Å². The highest BCUT2D eigenvalue weighted by atomic mass is 32.1. The number of fused-ring (bicyclic) bond motifs is 3. The summed E-state index contributed by atoms with van der Waals surface area (Å²) in [7, 11) is 0. The van der Waals surface area contributed by atoms with Gasteiger partial charge < -0.3 is 10.5 Å². The first-order chi connectivity index (χ1) is 7.97. The molecule has 0 radical (unpaired) electrons. The average molecular weight is 246 g/mol. The fourth-order valence-corrected chi connectivity index (χ4v) is 3.04. The molecule has 2 N–H and O–H groups in total. The third kappa shape index (κ3) is 1.52. The number of anilines is 1. The summed E-state index contributed by atoms with van der Waals surface area (Å²) in [6, 6.07) is 6.17. The number of rotatable bonds is 0. The second kappa shape index (κ2) is 3.23. The highest BCUT2D eigenvalue weighted by molar-refractivity contribution is 7.16. The van der Waals surface area contributed by atoms with Crippen LogP contribution in [0.1, 0.15) is 24.3 Å². The summed E-state index contributed by atoms with van der Waals surface area (Å²) in [5, 5.41) is 0.597. The number of nitrogens with two attached hydrogens (primary N) is 1. The van der Waals surface area contributed by atoms with Crippen LogP contribution in [0.15, 0.2) is 18.2 Å². The average Bonchev–Trinajstić information content (AvgIpc) is 2.60. The first-order valence-electron chi connectivity index (χ1n) is 5.54. The molecule has 0 amide bonds. The van der Waals surface area contributed by atoms with Crippen LogP contribution in [0.25, 0.3) is 11.3 Å². The van der Waals surface area contributed by atoms with Gasteiger partial charge in [0.15, 0.2) is 5.13 Å². The van der Waals surface area contributed by atoms with Crippen LogP contribution >= 0.6 is 11.3 Å². The second-order valence-corrected chi connectivity index (χ2v) is 5.87. The Morgan fingerprint density at radius 3 is 2.88 bits per heavy atom. The molecule has 3 rings (SSSR count). The lowest BCUT2D eigenvalue weighted by Gasteiger charge is -2.31. The second-order valence-electron chi connectivity index (χ2n) is 4.84. The van der Waals surface area contributed by atoms with Crippen molar-refractivity contribution in [2.75, 3.05) is 5.73 Å². The number of hydrogen-bond donors (Lipinski definition) is 1. The van der Waals surface area contributed by atoms with Crippen molar-refractivity contribution in [3.63, 3.8) is 0 Å². The van der Waals surface area contributed by atoms with Crippen LogP contribution in [0.4, 0.5) is 5.13 Å². The third-order valence-corrected chi connectivity index (χ3v) is 4.14. The van der Waals surface area contributed by atoms with Gasteiger partial charge in [-0.2, -0.15) is 0 Å². The van der Waals surface area contributed by atoms with Crippen LogP contribution in [0, 0.1) is 6.92 Å². The minimum atomic E-state index is -0.356. The SMILES string of the molecule is Cc1ccc2c(c1)OC(C)(C)c1sc(N)nc1-2.